The van der Waals surface area contributed by atoms with Crippen molar-refractivity contribution in [1.29, 1.82) is 0 Å². The lowest BCUT2D eigenvalue weighted by Crippen LogP contribution is -2.39. The number of hydrogen-bond donors (Lipinski definition) is 1. The van der Waals surface area contributed by atoms with Crippen LogP contribution in [0.15, 0.2) is 24.3 Å². The van der Waals surface area contributed by atoms with E-state index in [-0.39, 0.29) is 23.9 Å². The first-order valence-corrected chi connectivity index (χ1v) is 8.82. The van der Waals surface area contributed by atoms with Crippen LogP contribution in [0.1, 0.15) is 37.9 Å². The fourth-order valence-electron chi connectivity index (χ4n) is 3.05. The summed E-state index contributed by atoms with van der Waals surface area (Å²) in [6.45, 7) is 2.06. The number of carbonyl (C=O) groups is 1. The van der Waals surface area contributed by atoms with Gasteiger partial charge in [0.2, 0.25) is 5.91 Å². The molecule has 21 heavy (non-hydrogen) atoms. The smallest absolute Gasteiger partial charge is 0.244 e. The molecule has 1 aliphatic heterocycles. The number of nitrogens with zero attached hydrogens (tertiary/aromatic N) is 1. The highest BCUT2D eigenvalue weighted by Crippen LogP contribution is 2.47. The molecule has 1 aliphatic carbocycles. The van der Waals surface area contributed by atoms with Crippen molar-refractivity contribution in [2.75, 3.05) is 12.0 Å². The Balaban J connectivity index is 1.90. The number of rotatable bonds is 5. The molecule has 1 spiro atoms. The summed E-state index contributed by atoms with van der Waals surface area (Å²) in [5.41, 5.74) is 0.159. The molecule has 2 unspecified atom stereocenters. The molecule has 1 heterocycles. The van der Waals surface area contributed by atoms with Crippen LogP contribution in [0.5, 0.6) is 0 Å². The van der Waals surface area contributed by atoms with E-state index in [2.05, 4.69) is 18.5 Å². The Morgan fingerprint density at radius 1 is 1.48 bits per heavy atom. The highest BCUT2D eigenvalue weighted by atomic mass is 32.2. The van der Waals surface area contributed by atoms with E-state index in [9.17, 15) is 9.18 Å². The van der Waals surface area contributed by atoms with Gasteiger partial charge in [-0.15, -0.1) is 0 Å². The number of carbonyl (C=O) groups excluding carboxylic acids is 1. The number of halogens is 1. The van der Waals surface area contributed by atoms with Gasteiger partial charge in [0.25, 0.3) is 0 Å². The molecule has 0 bridgehead atoms. The van der Waals surface area contributed by atoms with Gasteiger partial charge in [0.1, 0.15) is 17.5 Å². The summed E-state index contributed by atoms with van der Waals surface area (Å²) in [7, 11) is 0. The van der Waals surface area contributed by atoms with Gasteiger partial charge in [-0.3, -0.25) is 10.1 Å². The van der Waals surface area contributed by atoms with Crippen LogP contribution in [0, 0.1) is 5.82 Å². The van der Waals surface area contributed by atoms with E-state index in [0.717, 1.165) is 25.0 Å². The van der Waals surface area contributed by atoms with Crippen LogP contribution >= 0.6 is 11.8 Å². The Labute approximate surface area is 129 Å². The van der Waals surface area contributed by atoms with Crippen LogP contribution in [-0.2, 0) is 4.79 Å². The van der Waals surface area contributed by atoms with Crippen molar-refractivity contribution >= 4 is 17.7 Å². The van der Waals surface area contributed by atoms with Gasteiger partial charge < -0.3 is 4.90 Å². The average Bonchev–Trinajstić information content (AvgIpc) is 3.19. The van der Waals surface area contributed by atoms with Crippen molar-refractivity contribution in [1.82, 2.24) is 10.2 Å². The summed E-state index contributed by atoms with van der Waals surface area (Å²) in [4.78, 5) is 14.6. The van der Waals surface area contributed by atoms with Gasteiger partial charge in [0, 0.05) is 11.6 Å². The number of thioether (sulfide) groups is 1. The summed E-state index contributed by atoms with van der Waals surface area (Å²) >= 11 is 1.77. The lowest BCUT2D eigenvalue weighted by molar-refractivity contribution is -0.132. The zero-order valence-electron chi connectivity index (χ0n) is 12.4. The zero-order valence-corrected chi connectivity index (χ0v) is 13.3. The summed E-state index contributed by atoms with van der Waals surface area (Å²) < 4.78 is 14.1. The van der Waals surface area contributed by atoms with Crippen LogP contribution in [-0.4, -0.2) is 34.4 Å². The SMILES string of the molecule is CSCCC(C)N1C(=O)C2(CC2)NC1c1ccccc1F. The first-order chi connectivity index (χ1) is 10.1. The fourth-order valence-corrected chi connectivity index (χ4v) is 3.62. The van der Waals surface area contributed by atoms with Gasteiger partial charge >= 0.3 is 0 Å². The molecule has 2 aliphatic rings. The topological polar surface area (TPSA) is 32.3 Å². The minimum absolute atomic E-state index is 0.113. The van der Waals surface area contributed by atoms with Crippen molar-refractivity contribution in [2.24, 2.45) is 0 Å². The predicted molar refractivity (Wildman–Crippen MR) is 83.5 cm³/mol. The normalized spacial score (nSPS) is 24.6. The average molecular weight is 308 g/mol. The minimum Gasteiger partial charge on any atom is -0.318 e. The van der Waals surface area contributed by atoms with Crippen LogP contribution in [0.3, 0.4) is 0 Å². The highest BCUT2D eigenvalue weighted by Gasteiger charge is 2.60. The van der Waals surface area contributed by atoms with Crippen LogP contribution in [0.4, 0.5) is 4.39 Å². The molecular formula is C16H21FN2OS. The van der Waals surface area contributed by atoms with E-state index in [1.807, 2.05) is 11.0 Å². The molecule has 1 aromatic rings. The molecule has 3 rings (SSSR count). The molecule has 0 aromatic heterocycles. The lowest BCUT2D eigenvalue weighted by Gasteiger charge is -2.30. The lowest BCUT2D eigenvalue weighted by atomic mass is 10.1. The van der Waals surface area contributed by atoms with Gasteiger partial charge in [0.15, 0.2) is 0 Å². The van der Waals surface area contributed by atoms with E-state index in [0.29, 0.717) is 5.56 Å². The van der Waals surface area contributed by atoms with E-state index in [1.165, 1.54) is 6.07 Å². The minimum atomic E-state index is -0.416. The second-order valence-corrected chi connectivity index (χ2v) is 6.98. The second kappa shape index (κ2) is 5.61. The van der Waals surface area contributed by atoms with Crippen LogP contribution in [0.2, 0.25) is 0 Å². The number of nitrogens with one attached hydrogen (secondary N) is 1. The third kappa shape index (κ3) is 2.57. The van der Waals surface area contributed by atoms with Gasteiger partial charge in [-0.2, -0.15) is 11.8 Å². The summed E-state index contributed by atoms with van der Waals surface area (Å²) in [5.74, 6) is 0.897. The van der Waals surface area contributed by atoms with Gasteiger partial charge in [0.05, 0.1) is 0 Å². The van der Waals surface area contributed by atoms with Crippen molar-refractivity contribution in [3.8, 4) is 0 Å². The van der Waals surface area contributed by atoms with Crippen LogP contribution in [0.25, 0.3) is 0 Å². The molecule has 1 amide bonds. The van der Waals surface area contributed by atoms with E-state index in [1.54, 1.807) is 23.9 Å². The number of benzene rings is 1. The Morgan fingerprint density at radius 2 is 2.19 bits per heavy atom. The maximum atomic E-state index is 14.1. The summed E-state index contributed by atoms with van der Waals surface area (Å²) in [6.07, 6.45) is 4.38. The molecular weight excluding hydrogens is 287 g/mol. The van der Waals surface area contributed by atoms with Crippen molar-refractivity contribution in [3.05, 3.63) is 35.6 Å². The van der Waals surface area contributed by atoms with Gasteiger partial charge in [-0.1, -0.05) is 18.2 Å². The number of hydrogen-bond acceptors (Lipinski definition) is 3. The summed E-state index contributed by atoms with van der Waals surface area (Å²) in [5, 5.41) is 3.39. The predicted octanol–water partition coefficient (Wildman–Crippen LogP) is 2.93. The van der Waals surface area contributed by atoms with E-state index >= 15 is 0 Å². The molecule has 1 saturated carbocycles. The molecule has 1 aromatic carbocycles. The quantitative estimate of drug-likeness (QED) is 0.908. The van der Waals surface area contributed by atoms with Crippen molar-refractivity contribution in [2.45, 2.75) is 43.9 Å². The van der Waals surface area contributed by atoms with Crippen molar-refractivity contribution in [3.63, 3.8) is 0 Å². The largest absolute Gasteiger partial charge is 0.318 e. The highest BCUT2D eigenvalue weighted by molar-refractivity contribution is 7.98. The van der Waals surface area contributed by atoms with Gasteiger partial charge in [-0.25, -0.2) is 4.39 Å². The maximum absolute atomic E-state index is 14.1. The molecule has 1 saturated heterocycles. The first-order valence-electron chi connectivity index (χ1n) is 7.43. The molecule has 0 radical (unpaired) electrons. The Kier molecular flexibility index (Phi) is 3.97. The van der Waals surface area contributed by atoms with E-state index < -0.39 is 5.54 Å². The first kappa shape index (κ1) is 14.9. The molecule has 5 heteroatoms. The van der Waals surface area contributed by atoms with E-state index in [4.69, 9.17) is 0 Å². The standard InChI is InChI=1S/C16H21FN2OS/c1-11(7-10-21-2)19-14(12-5-3-4-6-13(12)17)18-16(8-9-16)15(19)20/h3-6,11,14,18H,7-10H2,1-2H3. The zero-order chi connectivity index (χ0) is 15.0. The Bertz CT molecular complexity index is 547. The maximum Gasteiger partial charge on any atom is 0.244 e. The molecule has 3 nitrogen and oxygen atoms in total. The molecule has 2 atom stereocenters. The summed E-state index contributed by atoms with van der Waals surface area (Å²) in [6, 6.07) is 6.86. The third-order valence-electron chi connectivity index (χ3n) is 4.50. The third-order valence-corrected chi connectivity index (χ3v) is 5.14. The monoisotopic (exact) mass is 308 g/mol. The molecule has 114 valence electrons. The van der Waals surface area contributed by atoms with Crippen molar-refractivity contribution < 1.29 is 9.18 Å². The number of amides is 1. The molecule has 1 N–H and O–H groups in total. The molecule has 2 fully saturated rings. The Morgan fingerprint density at radius 3 is 2.81 bits per heavy atom. The fraction of sp³-hybridized carbons (Fsp3) is 0.562. The Hall–Kier alpha value is -1.07. The van der Waals surface area contributed by atoms with Gasteiger partial charge in [-0.05, 0) is 44.3 Å². The second-order valence-electron chi connectivity index (χ2n) is 5.99. The van der Waals surface area contributed by atoms with Crippen LogP contribution < -0.4 is 5.32 Å².